The third-order valence-electron chi connectivity index (χ3n) is 4.52. The number of amides is 1. The molecule has 0 aliphatic carbocycles. The monoisotopic (exact) mass is 366 g/mol. The molecule has 1 aromatic heterocycles. The first kappa shape index (κ1) is 18.5. The highest BCUT2D eigenvalue weighted by Crippen LogP contribution is 2.29. The zero-order valence-corrected chi connectivity index (χ0v) is 15.8. The van der Waals surface area contributed by atoms with Gasteiger partial charge in [-0.05, 0) is 37.1 Å². The molecule has 0 radical (unpaired) electrons. The standard InChI is InChI=1S/C21H22N2O4/c1-13-6-5-7-16-14(2)10-20(25)23(21(13)16)12-19(24)22-17-9-8-15(26-3)11-18(17)27-4/h5-11H,12H2,1-4H3,(H,22,24). The quantitative estimate of drug-likeness (QED) is 0.752. The van der Waals surface area contributed by atoms with Gasteiger partial charge in [0.15, 0.2) is 0 Å². The molecule has 2 aromatic carbocycles. The molecule has 140 valence electrons. The number of aromatic nitrogens is 1. The van der Waals surface area contributed by atoms with Gasteiger partial charge in [-0.25, -0.2) is 0 Å². The maximum absolute atomic E-state index is 12.6. The Morgan fingerprint density at radius 3 is 2.52 bits per heavy atom. The van der Waals surface area contributed by atoms with Crippen LogP contribution in [0.1, 0.15) is 11.1 Å². The van der Waals surface area contributed by atoms with E-state index in [4.69, 9.17) is 9.47 Å². The van der Waals surface area contributed by atoms with Crippen molar-refractivity contribution in [1.29, 1.82) is 0 Å². The molecule has 0 fully saturated rings. The molecule has 0 saturated heterocycles. The molecular weight excluding hydrogens is 344 g/mol. The highest BCUT2D eigenvalue weighted by Gasteiger charge is 2.14. The van der Waals surface area contributed by atoms with Gasteiger partial charge in [0.2, 0.25) is 5.91 Å². The van der Waals surface area contributed by atoms with Crippen molar-refractivity contribution in [3.8, 4) is 11.5 Å². The van der Waals surface area contributed by atoms with Crippen LogP contribution in [0.4, 0.5) is 5.69 Å². The van der Waals surface area contributed by atoms with Crippen LogP contribution in [0.5, 0.6) is 11.5 Å². The van der Waals surface area contributed by atoms with Crippen LogP contribution in [0.25, 0.3) is 10.9 Å². The van der Waals surface area contributed by atoms with Gasteiger partial charge in [0.05, 0.1) is 25.4 Å². The molecule has 3 aromatic rings. The number of carbonyl (C=O) groups is 1. The van der Waals surface area contributed by atoms with E-state index in [1.165, 1.54) is 11.7 Å². The molecule has 0 spiro atoms. The Morgan fingerprint density at radius 2 is 1.81 bits per heavy atom. The second-order valence-corrected chi connectivity index (χ2v) is 6.34. The molecule has 1 amide bonds. The summed E-state index contributed by atoms with van der Waals surface area (Å²) >= 11 is 0. The number of hydrogen-bond donors (Lipinski definition) is 1. The minimum Gasteiger partial charge on any atom is -0.497 e. The second kappa shape index (κ2) is 7.53. The Bertz CT molecular complexity index is 1070. The number of nitrogens with one attached hydrogen (secondary N) is 1. The molecule has 0 aliphatic rings. The van der Waals surface area contributed by atoms with E-state index in [1.54, 1.807) is 31.4 Å². The fraction of sp³-hybridized carbons (Fsp3) is 0.238. The number of aryl methyl sites for hydroxylation is 2. The van der Waals surface area contributed by atoms with Gasteiger partial charge < -0.3 is 14.8 Å². The Hall–Kier alpha value is -3.28. The molecule has 0 bridgehead atoms. The molecule has 1 N–H and O–H groups in total. The van der Waals surface area contributed by atoms with Gasteiger partial charge in [-0.15, -0.1) is 0 Å². The van der Waals surface area contributed by atoms with E-state index in [9.17, 15) is 9.59 Å². The van der Waals surface area contributed by atoms with E-state index in [0.29, 0.717) is 17.2 Å². The lowest BCUT2D eigenvalue weighted by Gasteiger charge is -2.15. The third-order valence-corrected chi connectivity index (χ3v) is 4.52. The number of para-hydroxylation sites is 1. The predicted octanol–water partition coefficient (Wildman–Crippen LogP) is 3.27. The van der Waals surface area contributed by atoms with Crippen molar-refractivity contribution in [2.45, 2.75) is 20.4 Å². The number of ether oxygens (including phenoxy) is 2. The van der Waals surface area contributed by atoms with E-state index in [0.717, 1.165) is 22.0 Å². The van der Waals surface area contributed by atoms with Crippen LogP contribution in [-0.4, -0.2) is 24.7 Å². The second-order valence-electron chi connectivity index (χ2n) is 6.34. The molecule has 0 aliphatic heterocycles. The van der Waals surface area contributed by atoms with Crippen molar-refractivity contribution >= 4 is 22.5 Å². The summed E-state index contributed by atoms with van der Waals surface area (Å²) in [6, 6.07) is 12.5. The molecule has 0 saturated carbocycles. The first-order valence-corrected chi connectivity index (χ1v) is 8.56. The number of methoxy groups -OCH3 is 2. The molecule has 6 nitrogen and oxygen atoms in total. The average Bonchev–Trinajstić information content (AvgIpc) is 2.65. The SMILES string of the molecule is COc1ccc(NC(=O)Cn2c(=O)cc(C)c3cccc(C)c32)c(OC)c1. The highest BCUT2D eigenvalue weighted by atomic mass is 16.5. The number of carbonyl (C=O) groups excluding carboxylic acids is 1. The molecule has 27 heavy (non-hydrogen) atoms. The number of benzene rings is 2. The first-order chi connectivity index (χ1) is 12.9. The van der Waals surface area contributed by atoms with Gasteiger partial charge >= 0.3 is 0 Å². The summed E-state index contributed by atoms with van der Waals surface area (Å²) in [7, 11) is 3.08. The smallest absolute Gasteiger partial charge is 0.251 e. The normalized spacial score (nSPS) is 10.7. The van der Waals surface area contributed by atoms with Crippen LogP contribution in [0.3, 0.4) is 0 Å². The Morgan fingerprint density at radius 1 is 1.04 bits per heavy atom. The highest BCUT2D eigenvalue weighted by molar-refractivity contribution is 5.94. The summed E-state index contributed by atoms with van der Waals surface area (Å²) in [5.41, 5.74) is 2.94. The van der Waals surface area contributed by atoms with Crippen molar-refractivity contribution in [2.24, 2.45) is 0 Å². The number of nitrogens with zero attached hydrogens (tertiary/aromatic N) is 1. The van der Waals surface area contributed by atoms with Gasteiger partial charge in [0, 0.05) is 17.5 Å². The van der Waals surface area contributed by atoms with Crippen LogP contribution in [0, 0.1) is 13.8 Å². The number of hydrogen-bond acceptors (Lipinski definition) is 4. The Labute approximate surface area is 157 Å². The molecule has 0 unspecified atom stereocenters. The number of anilines is 1. The lowest BCUT2D eigenvalue weighted by Crippen LogP contribution is -2.28. The van der Waals surface area contributed by atoms with Crippen molar-refractivity contribution < 1.29 is 14.3 Å². The van der Waals surface area contributed by atoms with Crippen molar-refractivity contribution in [3.63, 3.8) is 0 Å². The largest absolute Gasteiger partial charge is 0.497 e. The van der Waals surface area contributed by atoms with E-state index >= 15 is 0 Å². The van der Waals surface area contributed by atoms with E-state index in [1.807, 2.05) is 32.0 Å². The zero-order valence-electron chi connectivity index (χ0n) is 15.8. The minimum absolute atomic E-state index is 0.0876. The topological polar surface area (TPSA) is 69.6 Å². The molecule has 1 heterocycles. The van der Waals surface area contributed by atoms with Crippen LogP contribution in [-0.2, 0) is 11.3 Å². The van der Waals surface area contributed by atoms with Gasteiger partial charge in [0.25, 0.3) is 5.56 Å². The van der Waals surface area contributed by atoms with E-state index in [2.05, 4.69) is 5.32 Å². The van der Waals surface area contributed by atoms with Gasteiger partial charge in [-0.2, -0.15) is 0 Å². The molecule has 6 heteroatoms. The van der Waals surface area contributed by atoms with Crippen molar-refractivity contribution in [1.82, 2.24) is 4.57 Å². The van der Waals surface area contributed by atoms with Gasteiger partial charge in [-0.3, -0.25) is 14.2 Å². The van der Waals surface area contributed by atoms with E-state index in [-0.39, 0.29) is 18.0 Å². The van der Waals surface area contributed by atoms with E-state index < -0.39 is 0 Å². The van der Waals surface area contributed by atoms with Crippen molar-refractivity contribution in [2.75, 3.05) is 19.5 Å². The maximum atomic E-state index is 12.6. The Balaban J connectivity index is 1.95. The molecular formula is C21H22N2O4. The summed E-state index contributed by atoms with van der Waals surface area (Å²) in [6.07, 6.45) is 0. The lowest BCUT2D eigenvalue weighted by atomic mass is 10.1. The first-order valence-electron chi connectivity index (χ1n) is 8.56. The fourth-order valence-corrected chi connectivity index (χ4v) is 3.18. The minimum atomic E-state index is -0.311. The molecule has 0 atom stereocenters. The van der Waals surface area contributed by atoms with Crippen molar-refractivity contribution in [3.05, 3.63) is 63.9 Å². The van der Waals surface area contributed by atoms with Gasteiger partial charge in [-0.1, -0.05) is 18.2 Å². The van der Waals surface area contributed by atoms with Crippen LogP contribution >= 0.6 is 0 Å². The van der Waals surface area contributed by atoms with Gasteiger partial charge in [0.1, 0.15) is 18.0 Å². The fourth-order valence-electron chi connectivity index (χ4n) is 3.18. The summed E-state index contributed by atoms with van der Waals surface area (Å²) in [6.45, 7) is 3.74. The number of rotatable bonds is 5. The zero-order chi connectivity index (χ0) is 19.6. The molecule has 3 rings (SSSR count). The number of fused-ring (bicyclic) bond motifs is 1. The van der Waals surface area contributed by atoms with Crippen LogP contribution < -0.4 is 20.3 Å². The number of pyridine rings is 1. The maximum Gasteiger partial charge on any atom is 0.251 e. The van der Waals surface area contributed by atoms with Crippen LogP contribution in [0.2, 0.25) is 0 Å². The average molecular weight is 366 g/mol. The third kappa shape index (κ3) is 3.65. The summed E-state index contributed by atoms with van der Waals surface area (Å²) in [4.78, 5) is 25.2. The summed E-state index contributed by atoms with van der Waals surface area (Å²) in [5, 5.41) is 3.77. The lowest BCUT2D eigenvalue weighted by molar-refractivity contribution is -0.116. The Kier molecular flexibility index (Phi) is 5.16. The predicted molar refractivity (Wildman–Crippen MR) is 106 cm³/mol. The van der Waals surface area contributed by atoms with Crippen LogP contribution in [0.15, 0.2) is 47.3 Å². The summed E-state index contributed by atoms with van der Waals surface area (Å²) in [5.74, 6) is 0.801. The summed E-state index contributed by atoms with van der Waals surface area (Å²) < 4.78 is 12.0.